The monoisotopic (exact) mass is 142 g/mol. The van der Waals surface area contributed by atoms with Crippen molar-refractivity contribution >= 4 is 0 Å². The Kier molecular flexibility index (Phi) is 4.12. The lowest BCUT2D eigenvalue weighted by Gasteiger charge is -2.16. The van der Waals surface area contributed by atoms with Crippen LogP contribution < -0.4 is 0 Å². The summed E-state index contributed by atoms with van der Waals surface area (Å²) >= 11 is 0. The minimum Gasteiger partial charge on any atom is -0.384 e. The highest BCUT2D eigenvalue weighted by molar-refractivity contribution is 4.88. The maximum Gasteiger partial charge on any atom is 0.0260 e. The Balaban J connectivity index is 3.66. The Bertz CT molecular complexity index is 106. The minimum atomic E-state index is 0.516. The van der Waals surface area contributed by atoms with E-state index in [1.165, 1.54) is 0 Å². The van der Waals surface area contributed by atoms with Crippen molar-refractivity contribution in [3.8, 4) is 0 Å². The largest absolute Gasteiger partial charge is 0.384 e. The molecule has 1 atom stereocenters. The van der Waals surface area contributed by atoms with Crippen molar-refractivity contribution in [1.29, 1.82) is 0 Å². The molecule has 2 nitrogen and oxygen atoms in total. The van der Waals surface area contributed by atoms with Gasteiger partial charge in [-0.2, -0.15) is 0 Å². The van der Waals surface area contributed by atoms with Crippen LogP contribution in [-0.2, 0) is 0 Å². The van der Waals surface area contributed by atoms with Crippen LogP contribution >= 0.6 is 0 Å². The first-order valence-electron chi connectivity index (χ1n) is 3.55. The summed E-state index contributed by atoms with van der Waals surface area (Å²) in [5.41, 5.74) is 0. The maximum atomic E-state index is 2.17. The zero-order valence-corrected chi connectivity index (χ0v) is 7.63. The second-order valence-corrected chi connectivity index (χ2v) is 3.01. The molecule has 0 aromatic rings. The summed E-state index contributed by atoms with van der Waals surface area (Å²) in [5, 5.41) is 0. The second-order valence-electron chi connectivity index (χ2n) is 3.01. The molecule has 1 unspecified atom stereocenters. The Morgan fingerprint density at radius 1 is 1.10 bits per heavy atom. The van der Waals surface area contributed by atoms with E-state index in [4.69, 9.17) is 0 Å². The van der Waals surface area contributed by atoms with Crippen molar-refractivity contribution in [1.82, 2.24) is 9.80 Å². The van der Waals surface area contributed by atoms with Crippen molar-refractivity contribution in [2.75, 3.05) is 28.2 Å². The molecule has 0 amide bonds. The molecule has 0 heterocycles. The van der Waals surface area contributed by atoms with Gasteiger partial charge in [0.2, 0.25) is 0 Å². The zero-order valence-electron chi connectivity index (χ0n) is 7.63. The lowest BCUT2D eigenvalue weighted by atomic mass is 10.3. The van der Waals surface area contributed by atoms with Gasteiger partial charge in [-0.1, -0.05) is 6.08 Å². The first-order valence-corrected chi connectivity index (χ1v) is 3.55. The van der Waals surface area contributed by atoms with Gasteiger partial charge in [-0.05, 0) is 27.2 Å². The lowest BCUT2D eigenvalue weighted by molar-refractivity contribution is 0.360. The van der Waals surface area contributed by atoms with Gasteiger partial charge >= 0.3 is 0 Å². The van der Waals surface area contributed by atoms with E-state index in [9.17, 15) is 0 Å². The molecule has 0 spiro atoms. The third-order valence-corrected chi connectivity index (χ3v) is 1.48. The van der Waals surface area contributed by atoms with E-state index >= 15 is 0 Å². The second kappa shape index (κ2) is 4.34. The van der Waals surface area contributed by atoms with Crippen molar-refractivity contribution in [3.05, 3.63) is 12.3 Å². The fourth-order valence-electron chi connectivity index (χ4n) is 0.469. The highest BCUT2D eigenvalue weighted by Gasteiger charge is 1.96. The molecule has 0 saturated carbocycles. The van der Waals surface area contributed by atoms with Gasteiger partial charge in [0, 0.05) is 20.1 Å². The van der Waals surface area contributed by atoms with Gasteiger partial charge in [0.1, 0.15) is 0 Å². The van der Waals surface area contributed by atoms with Gasteiger partial charge < -0.3 is 9.80 Å². The molecule has 2 heteroatoms. The van der Waals surface area contributed by atoms with Gasteiger partial charge in [-0.3, -0.25) is 0 Å². The number of likely N-dealkylation sites (N-methyl/N-ethyl adjacent to an activating group) is 1. The normalized spacial score (nSPS) is 14.6. The van der Waals surface area contributed by atoms with E-state index in [1.807, 2.05) is 19.0 Å². The highest BCUT2D eigenvalue weighted by atomic mass is 15.1. The Labute approximate surface area is 64.1 Å². The van der Waals surface area contributed by atoms with Gasteiger partial charge in [-0.15, -0.1) is 0 Å². The van der Waals surface area contributed by atoms with Crippen LogP contribution in [0.15, 0.2) is 12.3 Å². The predicted octanol–water partition coefficient (Wildman–Crippen LogP) is 1.01. The summed E-state index contributed by atoms with van der Waals surface area (Å²) in [6.07, 6.45) is 4.24. The number of hydrogen-bond donors (Lipinski definition) is 0. The van der Waals surface area contributed by atoms with Crippen LogP contribution in [0.25, 0.3) is 0 Å². The first kappa shape index (κ1) is 9.50. The smallest absolute Gasteiger partial charge is 0.0260 e. The molecule has 0 aliphatic heterocycles. The Hall–Kier alpha value is -0.500. The number of nitrogens with zero attached hydrogens (tertiary/aromatic N) is 2. The molecular weight excluding hydrogens is 124 g/mol. The summed E-state index contributed by atoms with van der Waals surface area (Å²) < 4.78 is 0. The van der Waals surface area contributed by atoms with Crippen LogP contribution in [0, 0.1) is 0 Å². The van der Waals surface area contributed by atoms with Crippen LogP contribution in [0.1, 0.15) is 6.92 Å². The maximum absolute atomic E-state index is 2.17. The van der Waals surface area contributed by atoms with E-state index in [0.717, 1.165) is 0 Å². The average molecular weight is 142 g/mol. The highest BCUT2D eigenvalue weighted by Crippen LogP contribution is 1.93. The van der Waals surface area contributed by atoms with E-state index in [1.54, 1.807) is 0 Å². The number of rotatable bonds is 3. The fraction of sp³-hybridized carbons (Fsp3) is 0.750. The van der Waals surface area contributed by atoms with Crippen LogP contribution in [0.3, 0.4) is 0 Å². The standard InChI is InChI=1S/C8H18N2/c1-8(10(4)5)6-7-9(2)3/h6-8H,1-5H3/b7-6+. The summed E-state index contributed by atoms with van der Waals surface area (Å²) in [6, 6.07) is 0.516. The van der Waals surface area contributed by atoms with Crippen molar-refractivity contribution < 1.29 is 0 Å². The molecular formula is C8H18N2. The molecule has 0 radical (unpaired) electrons. The van der Waals surface area contributed by atoms with Gasteiger partial charge in [0.05, 0.1) is 0 Å². The summed E-state index contributed by atoms with van der Waals surface area (Å²) in [5.74, 6) is 0. The molecule has 0 aromatic carbocycles. The third-order valence-electron chi connectivity index (χ3n) is 1.48. The van der Waals surface area contributed by atoms with Crippen molar-refractivity contribution in [2.45, 2.75) is 13.0 Å². The van der Waals surface area contributed by atoms with Crippen LogP contribution in [0.4, 0.5) is 0 Å². The topological polar surface area (TPSA) is 6.48 Å². The zero-order chi connectivity index (χ0) is 8.15. The molecule has 0 aliphatic carbocycles. The van der Waals surface area contributed by atoms with E-state index in [2.05, 4.69) is 38.2 Å². The molecule has 0 fully saturated rings. The molecule has 0 saturated heterocycles. The third kappa shape index (κ3) is 4.39. The molecule has 0 N–H and O–H groups in total. The molecule has 60 valence electrons. The molecule has 10 heavy (non-hydrogen) atoms. The van der Waals surface area contributed by atoms with Gasteiger partial charge in [0.25, 0.3) is 0 Å². The Morgan fingerprint density at radius 3 is 1.90 bits per heavy atom. The van der Waals surface area contributed by atoms with Crippen molar-refractivity contribution in [3.63, 3.8) is 0 Å². The van der Waals surface area contributed by atoms with Crippen LogP contribution in [-0.4, -0.2) is 44.0 Å². The van der Waals surface area contributed by atoms with Crippen LogP contribution in [0.5, 0.6) is 0 Å². The average Bonchev–Trinajstić information content (AvgIpc) is 1.82. The van der Waals surface area contributed by atoms with Gasteiger partial charge in [0.15, 0.2) is 0 Å². The molecule has 0 aromatic heterocycles. The molecule has 0 bridgehead atoms. The van der Waals surface area contributed by atoms with Crippen LogP contribution in [0.2, 0.25) is 0 Å². The van der Waals surface area contributed by atoms with Crippen molar-refractivity contribution in [2.24, 2.45) is 0 Å². The fourth-order valence-corrected chi connectivity index (χ4v) is 0.469. The first-order chi connectivity index (χ1) is 4.54. The summed E-state index contributed by atoms with van der Waals surface area (Å²) in [7, 11) is 8.20. The summed E-state index contributed by atoms with van der Waals surface area (Å²) in [4.78, 5) is 4.21. The Morgan fingerprint density at radius 2 is 1.60 bits per heavy atom. The number of hydrogen-bond acceptors (Lipinski definition) is 2. The van der Waals surface area contributed by atoms with E-state index in [-0.39, 0.29) is 0 Å². The van der Waals surface area contributed by atoms with E-state index in [0.29, 0.717) is 6.04 Å². The van der Waals surface area contributed by atoms with Gasteiger partial charge in [-0.25, -0.2) is 0 Å². The minimum absolute atomic E-state index is 0.516. The van der Waals surface area contributed by atoms with E-state index < -0.39 is 0 Å². The lowest BCUT2D eigenvalue weighted by Crippen LogP contribution is -2.22. The quantitative estimate of drug-likeness (QED) is 0.580. The molecule has 0 rings (SSSR count). The SMILES string of the molecule is CC(/C=C/N(C)C)N(C)C. The molecule has 0 aliphatic rings. The predicted molar refractivity (Wildman–Crippen MR) is 46.0 cm³/mol. The summed E-state index contributed by atoms with van der Waals surface area (Å²) in [6.45, 7) is 2.17.